The molecule has 1 unspecified atom stereocenters. The number of benzene rings is 1. The maximum absolute atomic E-state index is 11.1. The van der Waals surface area contributed by atoms with Gasteiger partial charge in [0.15, 0.2) is 0 Å². The molecule has 3 nitrogen and oxygen atoms in total. The predicted molar refractivity (Wildman–Crippen MR) is 65.3 cm³/mol. The van der Waals surface area contributed by atoms with Crippen molar-refractivity contribution in [1.29, 1.82) is 0 Å². The monoisotopic (exact) mass is 262 g/mol. The number of hydrogen-bond donors (Lipinski definition) is 0. The van der Waals surface area contributed by atoms with Gasteiger partial charge in [-0.1, -0.05) is 30.3 Å². The lowest BCUT2D eigenvalue weighted by Gasteiger charge is -2.15. The Morgan fingerprint density at radius 3 is 2.44 bits per heavy atom. The first-order chi connectivity index (χ1) is 7.53. The Kier molecular flexibility index (Phi) is 5.25. The standard InChI is InChI=1S/C11H15ClO3S/c1-2-15-8-11(9-16(12,13)14)10-6-4-3-5-7-10/h3-7,11H,2,8-9H2,1H3. The highest BCUT2D eigenvalue weighted by atomic mass is 35.7. The third kappa shape index (κ3) is 4.96. The summed E-state index contributed by atoms with van der Waals surface area (Å²) in [6.07, 6.45) is 0. The minimum absolute atomic E-state index is 0.0986. The van der Waals surface area contributed by atoms with E-state index in [1.165, 1.54) is 0 Å². The Balaban J connectivity index is 2.79. The van der Waals surface area contributed by atoms with Gasteiger partial charge in [0.1, 0.15) is 0 Å². The zero-order valence-corrected chi connectivity index (χ0v) is 10.7. The first-order valence-electron chi connectivity index (χ1n) is 5.08. The molecule has 0 fully saturated rings. The van der Waals surface area contributed by atoms with Crippen LogP contribution in [0, 0.1) is 0 Å². The number of ether oxygens (including phenoxy) is 1. The summed E-state index contributed by atoms with van der Waals surface area (Å²) in [7, 11) is 1.76. The molecule has 0 radical (unpaired) electrons. The van der Waals surface area contributed by atoms with Crippen LogP contribution in [0.25, 0.3) is 0 Å². The van der Waals surface area contributed by atoms with Gasteiger partial charge in [-0.15, -0.1) is 0 Å². The summed E-state index contributed by atoms with van der Waals surface area (Å²) in [5.74, 6) is -0.304. The van der Waals surface area contributed by atoms with Crippen LogP contribution >= 0.6 is 10.7 Å². The molecule has 5 heteroatoms. The average molecular weight is 263 g/mol. The molecule has 0 N–H and O–H groups in total. The molecule has 0 bridgehead atoms. The third-order valence-electron chi connectivity index (χ3n) is 2.19. The molecule has 1 rings (SSSR count). The number of hydrogen-bond acceptors (Lipinski definition) is 3. The van der Waals surface area contributed by atoms with E-state index in [0.29, 0.717) is 13.2 Å². The van der Waals surface area contributed by atoms with Crippen molar-refractivity contribution in [2.45, 2.75) is 12.8 Å². The smallest absolute Gasteiger partial charge is 0.233 e. The molecule has 1 aromatic carbocycles. The van der Waals surface area contributed by atoms with E-state index in [9.17, 15) is 8.42 Å². The van der Waals surface area contributed by atoms with Crippen LogP contribution in [-0.4, -0.2) is 27.4 Å². The van der Waals surface area contributed by atoms with Gasteiger partial charge >= 0.3 is 0 Å². The Bertz CT molecular complexity index is 402. The number of halogens is 1. The maximum atomic E-state index is 11.1. The molecule has 0 aliphatic carbocycles. The fraction of sp³-hybridized carbons (Fsp3) is 0.455. The lowest BCUT2D eigenvalue weighted by molar-refractivity contribution is 0.137. The molecule has 0 amide bonds. The molecular weight excluding hydrogens is 248 g/mol. The van der Waals surface area contributed by atoms with Crippen LogP contribution in [0.5, 0.6) is 0 Å². The van der Waals surface area contributed by atoms with Crippen LogP contribution in [0.1, 0.15) is 18.4 Å². The summed E-state index contributed by atoms with van der Waals surface area (Å²) in [6, 6.07) is 9.39. The molecule has 0 aliphatic heterocycles. The summed E-state index contributed by atoms with van der Waals surface area (Å²) >= 11 is 0. The van der Waals surface area contributed by atoms with Crippen LogP contribution in [0.4, 0.5) is 0 Å². The van der Waals surface area contributed by atoms with Crippen molar-refractivity contribution in [3.63, 3.8) is 0 Å². The molecule has 0 heterocycles. The van der Waals surface area contributed by atoms with E-state index >= 15 is 0 Å². The molecule has 0 saturated carbocycles. The molecule has 1 aromatic rings. The molecule has 0 aromatic heterocycles. The van der Waals surface area contributed by atoms with Crippen molar-refractivity contribution in [2.24, 2.45) is 0 Å². The van der Waals surface area contributed by atoms with E-state index in [0.717, 1.165) is 5.56 Å². The third-order valence-corrected chi connectivity index (χ3v) is 3.37. The summed E-state index contributed by atoms with van der Waals surface area (Å²) in [5, 5.41) is 0. The molecule has 0 saturated heterocycles. The Labute approximate surface area is 101 Å². The van der Waals surface area contributed by atoms with Crippen molar-refractivity contribution in [3.8, 4) is 0 Å². The quantitative estimate of drug-likeness (QED) is 0.740. The van der Waals surface area contributed by atoms with Crippen LogP contribution in [-0.2, 0) is 13.8 Å². The zero-order chi connectivity index (χ0) is 12.0. The molecule has 0 aliphatic rings. The molecule has 0 spiro atoms. The lowest BCUT2D eigenvalue weighted by atomic mass is 10.0. The van der Waals surface area contributed by atoms with Crippen LogP contribution in [0.3, 0.4) is 0 Å². The van der Waals surface area contributed by atoms with Gasteiger partial charge in [-0.25, -0.2) is 8.42 Å². The second kappa shape index (κ2) is 6.23. The average Bonchev–Trinajstić information content (AvgIpc) is 2.24. The summed E-state index contributed by atoms with van der Waals surface area (Å²) in [6.45, 7) is 2.80. The zero-order valence-electron chi connectivity index (χ0n) is 9.10. The maximum Gasteiger partial charge on any atom is 0.233 e. The highest BCUT2D eigenvalue weighted by Crippen LogP contribution is 2.19. The van der Waals surface area contributed by atoms with E-state index in [1.54, 1.807) is 0 Å². The largest absolute Gasteiger partial charge is 0.381 e. The van der Waals surface area contributed by atoms with Gasteiger partial charge in [-0.2, -0.15) is 0 Å². The van der Waals surface area contributed by atoms with Gasteiger partial charge in [0.05, 0.1) is 12.4 Å². The molecule has 1 atom stereocenters. The van der Waals surface area contributed by atoms with Crippen LogP contribution in [0.2, 0.25) is 0 Å². The van der Waals surface area contributed by atoms with Crippen LogP contribution < -0.4 is 0 Å². The van der Waals surface area contributed by atoms with Crippen molar-refractivity contribution < 1.29 is 13.2 Å². The SMILES string of the molecule is CCOCC(CS(=O)(=O)Cl)c1ccccc1. The van der Waals surface area contributed by atoms with Crippen molar-refractivity contribution in [2.75, 3.05) is 19.0 Å². The fourth-order valence-electron chi connectivity index (χ4n) is 1.47. The minimum atomic E-state index is -3.51. The second-order valence-corrected chi connectivity index (χ2v) is 6.29. The van der Waals surface area contributed by atoms with Crippen LogP contribution in [0.15, 0.2) is 30.3 Å². The van der Waals surface area contributed by atoms with Crippen molar-refractivity contribution in [3.05, 3.63) is 35.9 Å². The van der Waals surface area contributed by atoms with E-state index in [1.807, 2.05) is 37.3 Å². The van der Waals surface area contributed by atoms with E-state index in [2.05, 4.69) is 0 Å². The van der Waals surface area contributed by atoms with Gasteiger partial charge in [0, 0.05) is 23.2 Å². The number of rotatable bonds is 6. The van der Waals surface area contributed by atoms with Gasteiger partial charge in [0.25, 0.3) is 0 Å². The second-order valence-electron chi connectivity index (χ2n) is 3.47. The topological polar surface area (TPSA) is 43.4 Å². The van der Waals surface area contributed by atoms with Gasteiger partial charge in [-0.3, -0.25) is 0 Å². The molecular formula is C11H15ClO3S. The summed E-state index contributed by atoms with van der Waals surface area (Å²) < 4.78 is 27.4. The van der Waals surface area contributed by atoms with Gasteiger partial charge in [-0.05, 0) is 12.5 Å². The predicted octanol–water partition coefficient (Wildman–Crippen LogP) is 2.38. The normalized spacial score (nSPS) is 13.6. The first-order valence-corrected chi connectivity index (χ1v) is 7.56. The lowest BCUT2D eigenvalue weighted by Crippen LogP contribution is -2.16. The fourth-order valence-corrected chi connectivity index (χ4v) is 2.69. The Morgan fingerprint density at radius 2 is 1.94 bits per heavy atom. The van der Waals surface area contributed by atoms with Gasteiger partial charge in [0.2, 0.25) is 9.05 Å². The van der Waals surface area contributed by atoms with Crippen molar-refractivity contribution in [1.82, 2.24) is 0 Å². The van der Waals surface area contributed by atoms with Gasteiger partial charge < -0.3 is 4.74 Å². The molecule has 90 valence electrons. The first kappa shape index (κ1) is 13.5. The Hall–Kier alpha value is -0.580. The van der Waals surface area contributed by atoms with E-state index < -0.39 is 9.05 Å². The van der Waals surface area contributed by atoms with E-state index in [-0.39, 0.29) is 11.7 Å². The minimum Gasteiger partial charge on any atom is -0.381 e. The summed E-state index contributed by atoms with van der Waals surface area (Å²) in [5.41, 5.74) is 0.931. The van der Waals surface area contributed by atoms with E-state index in [4.69, 9.17) is 15.4 Å². The van der Waals surface area contributed by atoms with Crippen molar-refractivity contribution >= 4 is 19.7 Å². The highest BCUT2D eigenvalue weighted by Gasteiger charge is 2.18. The highest BCUT2D eigenvalue weighted by molar-refractivity contribution is 8.13. The summed E-state index contributed by atoms with van der Waals surface area (Å²) in [4.78, 5) is 0. The Morgan fingerprint density at radius 1 is 1.31 bits per heavy atom. The molecule has 16 heavy (non-hydrogen) atoms.